The van der Waals surface area contributed by atoms with Crippen LogP contribution in [-0.2, 0) is 13.0 Å². The number of unbranched alkanes of at least 4 members (excludes halogenated alkanes) is 1. The van der Waals surface area contributed by atoms with Crippen molar-refractivity contribution in [3.8, 4) is 51.5 Å². The van der Waals surface area contributed by atoms with E-state index in [1.165, 1.54) is 0 Å². The number of aromatic nitrogens is 1. The zero-order chi connectivity index (χ0) is 24.4. The molecule has 1 aromatic heterocycles. The van der Waals surface area contributed by atoms with Crippen LogP contribution in [0.3, 0.4) is 0 Å². The average molecular weight is 472 g/mol. The second kappa shape index (κ2) is 9.75. The maximum absolute atomic E-state index is 10.00. The SMILES string of the molecule is CCCCOc1ccc(-c2cc3n(c(=N)c2C#N)CCc2cc4c(cc2-3)OCCCO4)cc1OC. The van der Waals surface area contributed by atoms with Crippen LogP contribution in [0.1, 0.15) is 37.3 Å². The molecule has 5 rings (SSSR count). The molecule has 7 heteroatoms. The Morgan fingerprint density at radius 3 is 2.60 bits per heavy atom. The lowest BCUT2D eigenvalue weighted by Gasteiger charge is -2.25. The highest BCUT2D eigenvalue weighted by atomic mass is 16.5. The number of benzene rings is 2. The Bertz CT molecular complexity index is 1370. The third kappa shape index (κ3) is 4.21. The van der Waals surface area contributed by atoms with Gasteiger partial charge in [0.25, 0.3) is 0 Å². The summed E-state index contributed by atoms with van der Waals surface area (Å²) in [6.07, 6.45) is 3.62. The largest absolute Gasteiger partial charge is 0.493 e. The molecule has 0 saturated heterocycles. The zero-order valence-corrected chi connectivity index (χ0v) is 20.1. The molecule has 0 radical (unpaired) electrons. The minimum atomic E-state index is 0.208. The van der Waals surface area contributed by atoms with Gasteiger partial charge in [0.1, 0.15) is 17.1 Å². The lowest BCUT2D eigenvalue weighted by Crippen LogP contribution is -2.28. The van der Waals surface area contributed by atoms with Gasteiger partial charge in [0, 0.05) is 24.1 Å². The van der Waals surface area contributed by atoms with Crippen molar-refractivity contribution in [2.75, 3.05) is 26.9 Å². The molecule has 0 amide bonds. The maximum atomic E-state index is 10.00. The molecule has 2 aromatic carbocycles. The molecular weight excluding hydrogens is 442 g/mol. The van der Waals surface area contributed by atoms with E-state index in [1.54, 1.807) is 7.11 Å². The van der Waals surface area contributed by atoms with E-state index in [0.717, 1.165) is 59.6 Å². The van der Waals surface area contributed by atoms with Gasteiger partial charge in [-0.1, -0.05) is 19.4 Å². The van der Waals surface area contributed by atoms with Gasteiger partial charge in [-0.25, -0.2) is 0 Å². The van der Waals surface area contributed by atoms with Crippen LogP contribution < -0.4 is 24.4 Å². The molecule has 0 aliphatic carbocycles. The van der Waals surface area contributed by atoms with Gasteiger partial charge in [-0.05, 0) is 54.3 Å². The monoisotopic (exact) mass is 471 g/mol. The van der Waals surface area contributed by atoms with Crippen molar-refractivity contribution in [3.63, 3.8) is 0 Å². The first-order valence-electron chi connectivity index (χ1n) is 12.1. The predicted octanol–water partition coefficient (Wildman–Crippen LogP) is 5.08. The lowest BCUT2D eigenvalue weighted by molar-refractivity contribution is 0.288. The molecule has 0 fully saturated rings. The Hall–Kier alpha value is -3.92. The average Bonchev–Trinajstić information content (AvgIpc) is 3.12. The van der Waals surface area contributed by atoms with Crippen LogP contribution in [-0.4, -0.2) is 31.5 Å². The normalized spacial score (nSPS) is 13.7. The van der Waals surface area contributed by atoms with Gasteiger partial charge in [0.2, 0.25) is 0 Å². The summed E-state index contributed by atoms with van der Waals surface area (Å²) in [5.41, 5.74) is 5.10. The Morgan fingerprint density at radius 2 is 1.86 bits per heavy atom. The summed E-state index contributed by atoms with van der Waals surface area (Å²) in [5.74, 6) is 2.78. The highest BCUT2D eigenvalue weighted by Gasteiger charge is 2.24. The number of ether oxygens (including phenoxy) is 4. The van der Waals surface area contributed by atoms with Gasteiger partial charge in [-0.15, -0.1) is 0 Å². The lowest BCUT2D eigenvalue weighted by atomic mass is 9.92. The number of methoxy groups -OCH3 is 1. The van der Waals surface area contributed by atoms with Crippen LogP contribution in [0.15, 0.2) is 36.4 Å². The summed E-state index contributed by atoms with van der Waals surface area (Å²) < 4.78 is 25.2. The number of pyridine rings is 1. The molecule has 0 saturated carbocycles. The molecule has 3 aromatic rings. The van der Waals surface area contributed by atoms with Crippen molar-refractivity contribution in [1.82, 2.24) is 4.57 Å². The number of hydrogen-bond acceptors (Lipinski definition) is 6. The Kier molecular flexibility index (Phi) is 6.37. The summed E-state index contributed by atoms with van der Waals surface area (Å²) >= 11 is 0. The minimum Gasteiger partial charge on any atom is -0.493 e. The molecule has 0 bridgehead atoms. The minimum absolute atomic E-state index is 0.208. The van der Waals surface area contributed by atoms with Gasteiger partial charge >= 0.3 is 0 Å². The quantitative estimate of drug-likeness (QED) is 0.507. The van der Waals surface area contributed by atoms with E-state index in [2.05, 4.69) is 19.1 Å². The van der Waals surface area contributed by atoms with Gasteiger partial charge in [0.05, 0.1) is 32.6 Å². The maximum Gasteiger partial charge on any atom is 0.161 e. The molecule has 2 aliphatic rings. The molecule has 0 unspecified atom stereocenters. The fraction of sp³-hybridized carbons (Fsp3) is 0.357. The van der Waals surface area contributed by atoms with E-state index in [9.17, 15) is 5.26 Å². The first-order chi connectivity index (χ1) is 17.1. The number of aryl methyl sites for hydroxylation is 1. The van der Waals surface area contributed by atoms with Crippen LogP contribution in [0.5, 0.6) is 23.0 Å². The van der Waals surface area contributed by atoms with Crippen molar-refractivity contribution in [1.29, 1.82) is 10.7 Å². The molecule has 35 heavy (non-hydrogen) atoms. The van der Waals surface area contributed by atoms with E-state index >= 15 is 0 Å². The van der Waals surface area contributed by atoms with Gasteiger partial charge in [-0.2, -0.15) is 5.26 Å². The number of fused-ring (bicyclic) bond motifs is 4. The molecule has 3 heterocycles. The van der Waals surface area contributed by atoms with E-state index in [1.807, 2.05) is 34.9 Å². The van der Waals surface area contributed by atoms with Crippen LogP contribution >= 0.6 is 0 Å². The second-order valence-electron chi connectivity index (χ2n) is 8.75. The fourth-order valence-corrected chi connectivity index (χ4v) is 4.68. The zero-order valence-electron chi connectivity index (χ0n) is 20.1. The summed E-state index contributed by atoms with van der Waals surface area (Å²) in [5, 5.41) is 18.9. The Balaban J connectivity index is 1.63. The molecule has 0 atom stereocenters. The van der Waals surface area contributed by atoms with Crippen LogP contribution in [0, 0.1) is 16.7 Å². The first kappa shape index (κ1) is 22.9. The predicted molar refractivity (Wildman–Crippen MR) is 132 cm³/mol. The van der Waals surface area contributed by atoms with E-state index in [-0.39, 0.29) is 5.49 Å². The van der Waals surface area contributed by atoms with Crippen molar-refractivity contribution in [2.24, 2.45) is 0 Å². The summed E-state index contributed by atoms with van der Waals surface area (Å²) in [6.45, 7) is 4.62. The highest BCUT2D eigenvalue weighted by Crippen LogP contribution is 2.41. The van der Waals surface area contributed by atoms with Gasteiger partial charge in [-0.3, -0.25) is 5.41 Å². The fourth-order valence-electron chi connectivity index (χ4n) is 4.68. The molecule has 1 N–H and O–H groups in total. The molecule has 2 aliphatic heterocycles. The third-order valence-electron chi connectivity index (χ3n) is 6.54. The van der Waals surface area contributed by atoms with Crippen LogP contribution in [0.2, 0.25) is 0 Å². The number of nitrogens with zero attached hydrogens (tertiary/aromatic N) is 2. The summed E-state index contributed by atoms with van der Waals surface area (Å²) in [4.78, 5) is 0. The standard InChI is InChI=1S/C28H29N3O4/c1-3-4-10-33-24-7-6-18(13-25(24)32-2)20-15-23-21-16-27-26(34-11-5-12-35-27)14-19(21)8-9-31(23)28(30)22(20)17-29/h6-7,13-16,30H,3-5,8-12H2,1-2H3. The van der Waals surface area contributed by atoms with Crippen molar-refractivity contribution < 1.29 is 18.9 Å². The van der Waals surface area contributed by atoms with Gasteiger partial charge < -0.3 is 23.5 Å². The summed E-state index contributed by atoms with van der Waals surface area (Å²) in [7, 11) is 1.61. The first-order valence-corrected chi connectivity index (χ1v) is 12.1. The summed E-state index contributed by atoms with van der Waals surface area (Å²) in [6, 6.07) is 14.0. The van der Waals surface area contributed by atoms with E-state index < -0.39 is 0 Å². The third-order valence-corrected chi connectivity index (χ3v) is 6.54. The number of hydrogen-bond donors (Lipinski definition) is 1. The smallest absolute Gasteiger partial charge is 0.161 e. The highest BCUT2D eigenvalue weighted by molar-refractivity contribution is 5.79. The van der Waals surface area contributed by atoms with Crippen molar-refractivity contribution >= 4 is 0 Å². The number of nitriles is 1. The van der Waals surface area contributed by atoms with E-state index in [0.29, 0.717) is 49.0 Å². The molecular formula is C28H29N3O4. The topological polar surface area (TPSA) is 89.5 Å². The molecule has 0 spiro atoms. The van der Waals surface area contributed by atoms with Crippen molar-refractivity contribution in [2.45, 2.75) is 39.2 Å². The van der Waals surface area contributed by atoms with Crippen LogP contribution in [0.25, 0.3) is 22.4 Å². The van der Waals surface area contributed by atoms with Crippen LogP contribution in [0.4, 0.5) is 0 Å². The Morgan fingerprint density at radius 1 is 1.06 bits per heavy atom. The van der Waals surface area contributed by atoms with Gasteiger partial charge in [0.15, 0.2) is 23.0 Å². The van der Waals surface area contributed by atoms with Crippen molar-refractivity contribution in [3.05, 3.63) is 53.0 Å². The van der Waals surface area contributed by atoms with E-state index in [4.69, 9.17) is 24.4 Å². The number of rotatable bonds is 6. The second-order valence-corrected chi connectivity index (χ2v) is 8.75. The molecule has 180 valence electrons. The molecule has 7 nitrogen and oxygen atoms in total. The Labute approximate surface area is 205 Å². The number of nitrogens with one attached hydrogen (secondary N) is 1.